The standard InChI is InChI=1S/C21H20F5N5O2S/c1-8(7-31-9(2)5-13(30-31)21(24,25)26)19(33)29-15-14-11(10-3-4-10)6-12(17(22)23)28-20(14)34-16(15)18(27)32/h5-6,8,10,17H,3-4,7H2,1-2H3,(H2,27,32)(H,29,33). The van der Waals surface area contributed by atoms with Crippen LogP contribution in [0.5, 0.6) is 0 Å². The van der Waals surface area contributed by atoms with E-state index in [1.807, 2.05) is 0 Å². The fourth-order valence-electron chi connectivity index (χ4n) is 3.69. The number of nitrogens with two attached hydrogens (primary N) is 1. The average Bonchev–Trinajstić information content (AvgIpc) is 3.43. The Morgan fingerprint density at radius 3 is 2.50 bits per heavy atom. The summed E-state index contributed by atoms with van der Waals surface area (Å²) in [6.45, 7) is 2.79. The highest BCUT2D eigenvalue weighted by molar-refractivity contribution is 7.21. The molecular weight excluding hydrogens is 481 g/mol. The number of hydrogen-bond donors (Lipinski definition) is 2. The third kappa shape index (κ3) is 4.61. The van der Waals surface area contributed by atoms with Crippen LogP contribution in [0.1, 0.15) is 64.4 Å². The highest BCUT2D eigenvalue weighted by atomic mass is 32.1. The Bertz CT molecular complexity index is 1280. The fraction of sp³-hybridized carbons (Fsp3) is 0.429. The van der Waals surface area contributed by atoms with Gasteiger partial charge in [-0.05, 0) is 43.4 Å². The summed E-state index contributed by atoms with van der Waals surface area (Å²) in [7, 11) is 0. The SMILES string of the molecule is Cc1cc(C(F)(F)F)nn1CC(C)C(=O)Nc1c(C(N)=O)sc2nc(C(F)F)cc(C3CC3)c12. The summed E-state index contributed by atoms with van der Waals surface area (Å²) < 4.78 is 66.6. The van der Waals surface area contributed by atoms with Gasteiger partial charge in [0.05, 0.1) is 18.2 Å². The quantitative estimate of drug-likeness (QED) is 0.445. The molecule has 3 aromatic heterocycles. The zero-order chi connectivity index (χ0) is 24.9. The van der Waals surface area contributed by atoms with E-state index in [1.165, 1.54) is 19.9 Å². The maximum absolute atomic E-state index is 13.4. The molecule has 34 heavy (non-hydrogen) atoms. The summed E-state index contributed by atoms with van der Waals surface area (Å²) in [6, 6.07) is 2.17. The molecule has 1 saturated carbocycles. The molecule has 0 saturated heterocycles. The topological polar surface area (TPSA) is 103 Å². The van der Waals surface area contributed by atoms with Crippen molar-refractivity contribution >= 4 is 39.1 Å². The van der Waals surface area contributed by atoms with Crippen molar-refractivity contribution in [3.8, 4) is 0 Å². The second-order valence-electron chi connectivity index (χ2n) is 8.30. The summed E-state index contributed by atoms with van der Waals surface area (Å²) in [5.41, 5.74) is 4.87. The van der Waals surface area contributed by atoms with E-state index in [4.69, 9.17) is 5.73 Å². The first-order valence-corrected chi connectivity index (χ1v) is 11.2. The van der Waals surface area contributed by atoms with Gasteiger partial charge in [0.25, 0.3) is 12.3 Å². The zero-order valence-electron chi connectivity index (χ0n) is 18.0. The first kappa shape index (κ1) is 24.0. The number of thiophene rings is 1. The van der Waals surface area contributed by atoms with Crippen LogP contribution >= 0.6 is 11.3 Å². The highest BCUT2D eigenvalue weighted by Crippen LogP contribution is 2.48. The van der Waals surface area contributed by atoms with Crippen molar-refractivity contribution in [2.75, 3.05) is 5.32 Å². The average molecular weight is 501 g/mol. The van der Waals surface area contributed by atoms with Gasteiger partial charge in [-0.3, -0.25) is 14.3 Å². The number of aryl methyl sites for hydroxylation is 1. The van der Waals surface area contributed by atoms with Crippen LogP contribution in [0.15, 0.2) is 12.1 Å². The van der Waals surface area contributed by atoms with E-state index < -0.39 is 41.7 Å². The molecule has 3 aromatic rings. The van der Waals surface area contributed by atoms with Gasteiger partial charge in [0.1, 0.15) is 15.4 Å². The van der Waals surface area contributed by atoms with E-state index >= 15 is 0 Å². The van der Waals surface area contributed by atoms with Crippen LogP contribution < -0.4 is 11.1 Å². The summed E-state index contributed by atoms with van der Waals surface area (Å²) in [5, 5.41) is 6.56. The van der Waals surface area contributed by atoms with E-state index in [9.17, 15) is 31.5 Å². The molecule has 1 fully saturated rings. The molecule has 0 spiro atoms. The second-order valence-corrected chi connectivity index (χ2v) is 9.30. The number of carbonyl (C=O) groups excluding carboxylic acids is 2. The number of primary amides is 1. The van der Waals surface area contributed by atoms with E-state index in [0.29, 0.717) is 10.9 Å². The largest absolute Gasteiger partial charge is 0.435 e. The number of carbonyl (C=O) groups is 2. The lowest BCUT2D eigenvalue weighted by atomic mass is 10.0. The number of anilines is 1. The number of nitrogens with one attached hydrogen (secondary N) is 1. The summed E-state index contributed by atoms with van der Waals surface area (Å²) in [4.78, 5) is 29.1. The normalized spacial score (nSPS) is 15.2. The molecule has 0 aromatic carbocycles. The number of aromatic nitrogens is 3. The third-order valence-corrected chi connectivity index (χ3v) is 6.69. The molecule has 0 aliphatic heterocycles. The Hall–Kier alpha value is -3.09. The number of fused-ring (bicyclic) bond motifs is 1. The van der Waals surface area contributed by atoms with Crippen molar-refractivity contribution in [1.29, 1.82) is 0 Å². The first-order chi connectivity index (χ1) is 15.9. The van der Waals surface area contributed by atoms with Gasteiger partial charge in [-0.1, -0.05) is 6.92 Å². The number of alkyl halides is 5. The number of pyridine rings is 1. The van der Waals surface area contributed by atoms with Crippen molar-refractivity contribution in [2.24, 2.45) is 11.7 Å². The summed E-state index contributed by atoms with van der Waals surface area (Å²) in [6.07, 6.45) is -5.88. The molecule has 13 heteroatoms. The van der Waals surface area contributed by atoms with Crippen molar-refractivity contribution in [1.82, 2.24) is 14.8 Å². The fourth-order valence-corrected chi connectivity index (χ4v) is 4.71. The van der Waals surface area contributed by atoms with E-state index in [-0.39, 0.29) is 33.6 Å². The van der Waals surface area contributed by atoms with E-state index in [2.05, 4.69) is 15.4 Å². The van der Waals surface area contributed by atoms with Crippen LogP contribution in [0, 0.1) is 12.8 Å². The Morgan fingerprint density at radius 2 is 1.97 bits per heavy atom. The number of nitrogens with zero attached hydrogens (tertiary/aromatic N) is 3. The molecule has 3 N–H and O–H groups in total. The maximum Gasteiger partial charge on any atom is 0.435 e. The predicted molar refractivity (Wildman–Crippen MR) is 115 cm³/mol. The van der Waals surface area contributed by atoms with E-state index in [1.54, 1.807) is 0 Å². The number of hydrogen-bond acceptors (Lipinski definition) is 5. The second kappa shape index (κ2) is 8.60. The molecule has 182 valence electrons. The minimum absolute atomic E-state index is 0.00100. The van der Waals surface area contributed by atoms with Gasteiger partial charge in [0, 0.05) is 11.1 Å². The molecule has 1 aliphatic rings. The van der Waals surface area contributed by atoms with Crippen LogP contribution in [-0.4, -0.2) is 26.6 Å². The summed E-state index contributed by atoms with van der Waals surface area (Å²) in [5.74, 6) is -2.29. The third-order valence-electron chi connectivity index (χ3n) is 5.59. The van der Waals surface area contributed by atoms with Gasteiger partial charge >= 0.3 is 6.18 Å². The van der Waals surface area contributed by atoms with Gasteiger partial charge in [-0.15, -0.1) is 11.3 Å². The minimum Gasteiger partial charge on any atom is -0.365 e. The minimum atomic E-state index is -4.61. The van der Waals surface area contributed by atoms with Crippen LogP contribution in [0.3, 0.4) is 0 Å². The van der Waals surface area contributed by atoms with Crippen molar-refractivity contribution < 1.29 is 31.5 Å². The van der Waals surface area contributed by atoms with Gasteiger partial charge in [0.15, 0.2) is 5.69 Å². The Balaban J connectivity index is 1.67. The Kier molecular flexibility index (Phi) is 6.08. The molecule has 2 amide bonds. The Labute approximate surface area is 194 Å². The van der Waals surface area contributed by atoms with Gasteiger partial charge in [-0.25, -0.2) is 13.8 Å². The smallest absolute Gasteiger partial charge is 0.365 e. The predicted octanol–water partition coefficient (Wildman–Crippen LogP) is 5.01. The summed E-state index contributed by atoms with van der Waals surface area (Å²) >= 11 is 0.813. The van der Waals surface area contributed by atoms with Crippen LogP contribution in [0.25, 0.3) is 10.2 Å². The molecule has 0 radical (unpaired) electrons. The van der Waals surface area contributed by atoms with E-state index in [0.717, 1.165) is 34.9 Å². The highest BCUT2D eigenvalue weighted by Gasteiger charge is 2.35. The number of rotatable bonds is 7. The van der Waals surface area contributed by atoms with Crippen LogP contribution in [0.4, 0.5) is 27.6 Å². The van der Waals surface area contributed by atoms with Crippen molar-refractivity contribution in [3.05, 3.63) is 39.7 Å². The zero-order valence-corrected chi connectivity index (χ0v) is 18.9. The first-order valence-electron chi connectivity index (χ1n) is 10.3. The monoisotopic (exact) mass is 501 g/mol. The number of amides is 2. The molecule has 1 atom stereocenters. The molecule has 7 nitrogen and oxygen atoms in total. The van der Waals surface area contributed by atoms with Gasteiger partial charge in [-0.2, -0.15) is 18.3 Å². The lowest BCUT2D eigenvalue weighted by Crippen LogP contribution is -2.26. The molecule has 1 aliphatic carbocycles. The van der Waals surface area contributed by atoms with Crippen molar-refractivity contribution in [3.63, 3.8) is 0 Å². The van der Waals surface area contributed by atoms with Crippen LogP contribution in [-0.2, 0) is 17.5 Å². The molecule has 4 rings (SSSR count). The van der Waals surface area contributed by atoms with Gasteiger partial charge in [0.2, 0.25) is 5.91 Å². The lowest BCUT2D eigenvalue weighted by Gasteiger charge is -2.15. The Morgan fingerprint density at radius 1 is 1.29 bits per heavy atom. The van der Waals surface area contributed by atoms with Gasteiger partial charge < -0.3 is 11.1 Å². The number of halogens is 5. The molecular formula is C21H20F5N5O2S. The van der Waals surface area contributed by atoms with Crippen molar-refractivity contribution in [2.45, 2.75) is 51.8 Å². The maximum atomic E-state index is 13.4. The lowest BCUT2D eigenvalue weighted by molar-refractivity contribution is -0.141. The molecule has 3 heterocycles. The molecule has 0 bridgehead atoms. The molecule has 1 unspecified atom stereocenters. The van der Waals surface area contributed by atoms with Crippen LogP contribution in [0.2, 0.25) is 0 Å².